The second kappa shape index (κ2) is 3.30. The lowest BCUT2D eigenvalue weighted by atomic mass is 10.1. The molecule has 0 spiro atoms. The second-order valence-corrected chi connectivity index (χ2v) is 3.11. The van der Waals surface area contributed by atoms with Gasteiger partial charge in [-0.05, 0) is 19.1 Å². The molecule has 0 saturated carbocycles. The van der Waals surface area contributed by atoms with Gasteiger partial charge in [0.25, 0.3) is 0 Å². The van der Waals surface area contributed by atoms with E-state index in [4.69, 9.17) is 0 Å². The zero-order valence-corrected chi connectivity index (χ0v) is 7.81. The van der Waals surface area contributed by atoms with E-state index in [1.54, 1.807) is 24.4 Å². The monoisotopic (exact) mass is 217 g/mol. The molecule has 1 heterocycles. The van der Waals surface area contributed by atoms with Crippen LogP contribution in [-0.4, -0.2) is 10.3 Å². The smallest absolute Gasteiger partial charge is 0.159 e. The highest BCUT2D eigenvalue weighted by atomic mass is 79.9. The van der Waals surface area contributed by atoms with E-state index in [2.05, 4.69) is 20.9 Å². The van der Waals surface area contributed by atoms with Crippen LogP contribution >= 0.6 is 15.9 Å². The van der Waals surface area contributed by atoms with Gasteiger partial charge in [-0.25, -0.2) is 4.39 Å². The molecular weight excluding hydrogens is 209 g/mol. The molecule has 3 heteroatoms. The van der Waals surface area contributed by atoms with Crippen molar-refractivity contribution in [2.45, 2.75) is 12.6 Å². The average Bonchev–Trinajstić information content (AvgIpc) is 2.06. The minimum absolute atomic E-state index is 0.275. The summed E-state index contributed by atoms with van der Waals surface area (Å²) in [4.78, 5) is 3.92. The number of nitrogens with zero attached hydrogens (tertiary/aromatic N) is 1. The van der Waals surface area contributed by atoms with E-state index in [-0.39, 0.29) is 5.33 Å². The van der Waals surface area contributed by atoms with Gasteiger partial charge in [-0.15, -0.1) is 0 Å². The first-order valence-electron chi connectivity index (χ1n) is 3.33. The van der Waals surface area contributed by atoms with Gasteiger partial charge in [0, 0.05) is 11.5 Å². The van der Waals surface area contributed by atoms with Gasteiger partial charge < -0.3 is 0 Å². The lowest BCUT2D eigenvalue weighted by Gasteiger charge is -2.15. The number of aromatic nitrogens is 1. The Hall–Kier alpha value is -0.440. The van der Waals surface area contributed by atoms with Crippen LogP contribution < -0.4 is 0 Å². The fraction of sp³-hybridized carbons (Fsp3) is 0.375. The Kier molecular flexibility index (Phi) is 2.60. The minimum atomic E-state index is -1.36. The lowest BCUT2D eigenvalue weighted by molar-refractivity contribution is 0.223. The topological polar surface area (TPSA) is 12.9 Å². The highest BCUT2D eigenvalue weighted by Gasteiger charge is 2.24. The van der Waals surface area contributed by atoms with Crippen LogP contribution in [0.3, 0.4) is 0 Å². The predicted octanol–water partition coefficient (Wildman–Crippen LogP) is 2.66. The first kappa shape index (κ1) is 8.65. The van der Waals surface area contributed by atoms with E-state index >= 15 is 0 Å². The van der Waals surface area contributed by atoms with E-state index in [0.29, 0.717) is 5.69 Å². The van der Waals surface area contributed by atoms with Crippen molar-refractivity contribution in [3.63, 3.8) is 0 Å². The summed E-state index contributed by atoms with van der Waals surface area (Å²) in [6.07, 6.45) is 1.59. The van der Waals surface area contributed by atoms with Crippen molar-refractivity contribution in [2.24, 2.45) is 0 Å². The van der Waals surface area contributed by atoms with Crippen molar-refractivity contribution in [1.29, 1.82) is 0 Å². The van der Waals surface area contributed by atoms with Crippen LogP contribution in [0.4, 0.5) is 4.39 Å². The average molecular weight is 218 g/mol. The maximum atomic E-state index is 13.4. The molecule has 0 aliphatic carbocycles. The molecule has 0 unspecified atom stereocenters. The van der Waals surface area contributed by atoms with E-state index in [1.807, 2.05) is 0 Å². The summed E-state index contributed by atoms with van der Waals surface area (Å²) in [6.45, 7) is 1.50. The first-order valence-corrected chi connectivity index (χ1v) is 4.45. The second-order valence-electron chi connectivity index (χ2n) is 2.55. The molecule has 1 aromatic heterocycles. The predicted molar refractivity (Wildman–Crippen MR) is 46.5 cm³/mol. The fourth-order valence-electron chi connectivity index (χ4n) is 0.740. The first-order chi connectivity index (χ1) is 5.17. The number of alkyl halides is 2. The summed E-state index contributed by atoms with van der Waals surface area (Å²) in [5.41, 5.74) is -0.891. The third-order valence-corrected chi connectivity index (χ3v) is 2.50. The summed E-state index contributed by atoms with van der Waals surface area (Å²) in [5, 5.41) is 0.275. The van der Waals surface area contributed by atoms with Crippen LogP contribution in [0.25, 0.3) is 0 Å². The van der Waals surface area contributed by atoms with Crippen LogP contribution in [0.2, 0.25) is 0 Å². The van der Waals surface area contributed by atoms with Gasteiger partial charge >= 0.3 is 0 Å². The highest BCUT2D eigenvalue weighted by Crippen LogP contribution is 2.24. The van der Waals surface area contributed by atoms with Crippen molar-refractivity contribution in [2.75, 3.05) is 5.33 Å². The number of pyridine rings is 1. The summed E-state index contributed by atoms with van der Waals surface area (Å²) >= 11 is 3.09. The number of hydrogen-bond donors (Lipinski definition) is 0. The molecule has 1 rings (SSSR count). The van der Waals surface area contributed by atoms with E-state index < -0.39 is 5.67 Å². The van der Waals surface area contributed by atoms with Crippen molar-refractivity contribution < 1.29 is 4.39 Å². The molecule has 0 aliphatic rings. The summed E-state index contributed by atoms with van der Waals surface area (Å²) in [7, 11) is 0. The molecule has 60 valence electrons. The molecule has 0 N–H and O–H groups in total. The zero-order chi connectivity index (χ0) is 8.32. The molecule has 0 aliphatic heterocycles. The van der Waals surface area contributed by atoms with Crippen molar-refractivity contribution in [3.05, 3.63) is 30.1 Å². The van der Waals surface area contributed by atoms with Crippen molar-refractivity contribution in [3.8, 4) is 0 Å². The molecule has 1 atom stereocenters. The van der Waals surface area contributed by atoms with Gasteiger partial charge in [0.2, 0.25) is 0 Å². The largest absolute Gasteiger partial charge is 0.258 e. The van der Waals surface area contributed by atoms with Gasteiger partial charge in [-0.3, -0.25) is 4.98 Å². The third-order valence-electron chi connectivity index (χ3n) is 1.45. The number of rotatable bonds is 2. The molecule has 0 aromatic carbocycles. The Morgan fingerprint density at radius 3 is 2.82 bits per heavy atom. The Morgan fingerprint density at radius 1 is 1.64 bits per heavy atom. The van der Waals surface area contributed by atoms with Gasteiger partial charge in [-0.2, -0.15) is 0 Å². The highest BCUT2D eigenvalue weighted by molar-refractivity contribution is 9.09. The third kappa shape index (κ3) is 1.99. The van der Waals surface area contributed by atoms with Crippen LogP contribution in [0.5, 0.6) is 0 Å². The van der Waals surface area contributed by atoms with Crippen LogP contribution in [0.15, 0.2) is 24.4 Å². The van der Waals surface area contributed by atoms with Crippen molar-refractivity contribution in [1.82, 2.24) is 4.98 Å². The molecule has 11 heavy (non-hydrogen) atoms. The summed E-state index contributed by atoms with van der Waals surface area (Å²) < 4.78 is 13.4. The van der Waals surface area contributed by atoms with Gasteiger partial charge in [-0.1, -0.05) is 22.0 Å². The Labute approximate surface area is 73.8 Å². The van der Waals surface area contributed by atoms with E-state index in [0.717, 1.165) is 0 Å². The zero-order valence-electron chi connectivity index (χ0n) is 6.22. The normalized spacial score (nSPS) is 15.9. The van der Waals surface area contributed by atoms with Crippen molar-refractivity contribution >= 4 is 15.9 Å². The number of halogens is 2. The fourth-order valence-corrected chi connectivity index (χ4v) is 1.03. The Morgan fingerprint density at radius 2 is 2.36 bits per heavy atom. The maximum absolute atomic E-state index is 13.4. The molecule has 1 nitrogen and oxygen atoms in total. The van der Waals surface area contributed by atoms with Gasteiger partial charge in [0.15, 0.2) is 5.67 Å². The van der Waals surface area contributed by atoms with E-state index in [9.17, 15) is 4.39 Å². The van der Waals surface area contributed by atoms with Crippen LogP contribution in [-0.2, 0) is 5.67 Å². The Bertz CT molecular complexity index is 223. The molecule has 0 radical (unpaired) electrons. The Balaban J connectivity index is 2.93. The van der Waals surface area contributed by atoms with Crippen LogP contribution in [0.1, 0.15) is 12.6 Å². The minimum Gasteiger partial charge on any atom is -0.258 e. The van der Waals surface area contributed by atoms with Gasteiger partial charge in [0.1, 0.15) is 0 Å². The molecule has 0 bridgehead atoms. The molecule has 0 saturated heterocycles. The SMILES string of the molecule is C[C@](F)(CBr)c1ccccn1. The lowest BCUT2D eigenvalue weighted by Crippen LogP contribution is -2.18. The number of hydrogen-bond acceptors (Lipinski definition) is 1. The maximum Gasteiger partial charge on any atom is 0.159 e. The standard InChI is InChI=1S/C8H9BrFN/c1-8(10,6-9)7-4-2-3-5-11-7/h2-5H,6H2,1H3/t8-/m0/s1. The molecular formula is C8H9BrFN. The summed E-state index contributed by atoms with van der Waals surface area (Å²) in [6, 6.07) is 5.23. The van der Waals surface area contributed by atoms with E-state index in [1.165, 1.54) is 6.92 Å². The molecule has 0 amide bonds. The molecule has 1 aromatic rings. The van der Waals surface area contributed by atoms with Gasteiger partial charge in [0.05, 0.1) is 5.69 Å². The molecule has 0 fully saturated rings. The quantitative estimate of drug-likeness (QED) is 0.695. The summed E-state index contributed by atoms with van der Waals surface area (Å²) in [5.74, 6) is 0. The van der Waals surface area contributed by atoms with Crippen LogP contribution in [0, 0.1) is 0 Å².